The Bertz CT molecular complexity index is 1040. The molecule has 0 spiro atoms. The van der Waals surface area contributed by atoms with Crippen molar-refractivity contribution in [1.82, 2.24) is 14.9 Å². The number of nitrogens with zero attached hydrogens (tertiary/aromatic N) is 1. The van der Waals surface area contributed by atoms with Crippen LogP contribution >= 0.6 is 0 Å². The van der Waals surface area contributed by atoms with Gasteiger partial charge in [0, 0.05) is 29.4 Å². The number of rotatable bonds is 5. The van der Waals surface area contributed by atoms with Crippen LogP contribution in [0.1, 0.15) is 75.1 Å². The molecule has 2 saturated heterocycles. The highest BCUT2D eigenvalue weighted by molar-refractivity contribution is 7.90. The van der Waals surface area contributed by atoms with Gasteiger partial charge < -0.3 is 10.6 Å². The lowest BCUT2D eigenvalue weighted by atomic mass is 9.80. The zero-order chi connectivity index (χ0) is 23.4. The molecule has 33 heavy (non-hydrogen) atoms. The lowest BCUT2D eigenvalue weighted by Crippen LogP contribution is -2.73. The summed E-state index contributed by atoms with van der Waals surface area (Å²) in [5.74, 6) is -0.0980. The minimum atomic E-state index is -3.82. The zero-order valence-electron chi connectivity index (χ0n) is 20.2. The molecule has 4 aliphatic rings. The van der Waals surface area contributed by atoms with Gasteiger partial charge in [-0.2, -0.15) is 0 Å². The largest absolute Gasteiger partial charge is 0.332 e. The molecule has 3 N–H and O–H groups in total. The number of fused-ring (bicyclic) bond motifs is 3. The van der Waals surface area contributed by atoms with Gasteiger partial charge in [0.05, 0.1) is 5.75 Å². The van der Waals surface area contributed by atoms with Crippen molar-refractivity contribution in [2.75, 3.05) is 24.2 Å². The molecule has 8 heteroatoms. The number of aryl methyl sites for hydroxylation is 2. The standard InChI is InChI=1S/C25H38N4O3S/c1-4-25-12-7-13-29(25)16-24(2,3)27-21(25)15-33(31,32)28-23(30)26-22-19-10-5-8-17(19)14-18-9-6-11-20(18)22/h14,21,27H,4-13,15-16H2,1-3H3,(H2,26,28,30)/t21?,25-/m0/s1. The first-order valence-corrected chi connectivity index (χ1v) is 14.3. The molecular weight excluding hydrogens is 436 g/mol. The number of carbonyl (C=O) groups excluding carboxylic acids is 1. The fraction of sp³-hybridized carbons (Fsp3) is 0.720. The van der Waals surface area contributed by atoms with Crippen LogP contribution in [-0.4, -0.2) is 55.3 Å². The van der Waals surface area contributed by atoms with Crippen LogP contribution in [-0.2, 0) is 35.7 Å². The van der Waals surface area contributed by atoms with Gasteiger partial charge in [-0.3, -0.25) is 4.90 Å². The van der Waals surface area contributed by atoms with Crippen LogP contribution < -0.4 is 15.4 Å². The third-order valence-corrected chi connectivity index (χ3v) is 9.69. The molecule has 5 rings (SSSR count). The summed E-state index contributed by atoms with van der Waals surface area (Å²) in [6, 6.07) is 1.45. The first kappa shape index (κ1) is 23.1. The predicted molar refractivity (Wildman–Crippen MR) is 131 cm³/mol. The minimum absolute atomic E-state index is 0.0980. The van der Waals surface area contributed by atoms with Gasteiger partial charge in [-0.05, 0) is 100 Å². The third kappa shape index (κ3) is 4.19. The molecule has 0 radical (unpaired) electrons. The summed E-state index contributed by atoms with van der Waals surface area (Å²) in [7, 11) is -3.82. The van der Waals surface area contributed by atoms with Crippen molar-refractivity contribution in [3.8, 4) is 0 Å². The molecule has 182 valence electrons. The normalized spacial score (nSPS) is 28.3. The second-order valence-electron chi connectivity index (χ2n) is 11.1. The average molecular weight is 475 g/mol. The Morgan fingerprint density at radius 3 is 2.42 bits per heavy atom. The van der Waals surface area contributed by atoms with Crippen LogP contribution in [0.3, 0.4) is 0 Å². The summed E-state index contributed by atoms with van der Waals surface area (Å²) < 4.78 is 28.7. The van der Waals surface area contributed by atoms with E-state index in [0.29, 0.717) is 0 Å². The van der Waals surface area contributed by atoms with Crippen molar-refractivity contribution >= 4 is 21.7 Å². The number of amides is 2. The molecule has 0 aromatic heterocycles. The van der Waals surface area contributed by atoms with Gasteiger partial charge in [0.25, 0.3) is 0 Å². The number of sulfonamides is 1. The number of hydrogen-bond acceptors (Lipinski definition) is 5. The van der Waals surface area contributed by atoms with Crippen molar-refractivity contribution in [1.29, 1.82) is 0 Å². The fourth-order valence-corrected chi connectivity index (χ4v) is 8.32. The van der Waals surface area contributed by atoms with Crippen molar-refractivity contribution in [3.63, 3.8) is 0 Å². The summed E-state index contributed by atoms with van der Waals surface area (Å²) in [6.45, 7) is 8.32. The van der Waals surface area contributed by atoms with E-state index in [0.717, 1.165) is 76.6 Å². The molecule has 2 aliphatic carbocycles. The van der Waals surface area contributed by atoms with Crippen LogP contribution in [0.15, 0.2) is 6.07 Å². The molecular formula is C25H38N4O3S. The topological polar surface area (TPSA) is 90.5 Å². The van der Waals surface area contributed by atoms with Gasteiger partial charge in [0.2, 0.25) is 10.0 Å². The summed E-state index contributed by atoms with van der Waals surface area (Å²) in [6.07, 6.45) is 9.11. The van der Waals surface area contributed by atoms with Crippen LogP contribution in [0.4, 0.5) is 10.5 Å². The number of hydrogen-bond donors (Lipinski definition) is 3. The highest BCUT2D eigenvalue weighted by atomic mass is 32.2. The smallest absolute Gasteiger partial charge is 0.307 e. The molecule has 2 amide bonds. The molecule has 1 unspecified atom stereocenters. The predicted octanol–water partition coefficient (Wildman–Crippen LogP) is 3.11. The molecule has 2 heterocycles. The maximum Gasteiger partial charge on any atom is 0.332 e. The lowest BCUT2D eigenvalue weighted by molar-refractivity contribution is 0.0127. The zero-order valence-corrected chi connectivity index (χ0v) is 21.0. The summed E-state index contributed by atoms with van der Waals surface area (Å²) in [5, 5.41) is 6.57. The van der Waals surface area contributed by atoms with Crippen LogP contribution in [0, 0.1) is 0 Å². The van der Waals surface area contributed by atoms with Crippen molar-refractivity contribution in [3.05, 3.63) is 28.3 Å². The Kier molecular flexibility index (Phi) is 5.77. The maximum absolute atomic E-state index is 13.2. The highest BCUT2D eigenvalue weighted by Gasteiger charge is 2.53. The Labute approximate surface area is 198 Å². The Hall–Kier alpha value is -1.64. The van der Waals surface area contributed by atoms with Gasteiger partial charge in [-0.25, -0.2) is 17.9 Å². The van der Waals surface area contributed by atoms with E-state index in [4.69, 9.17) is 0 Å². The Balaban J connectivity index is 1.33. The van der Waals surface area contributed by atoms with Gasteiger partial charge >= 0.3 is 6.03 Å². The molecule has 2 atom stereocenters. The second kappa shape index (κ2) is 8.24. The van der Waals surface area contributed by atoms with Crippen molar-refractivity contribution < 1.29 is 13.2 Å². The lowest BCUT2D eigenvalue weighted by Gasteiger charge is -2.54. The number of benzene rings is 1. The second-order valence-corrected chi connectivity index (χ2v) is 12.9. The summed E-state index contributed by atoms with van der Waals surface area (Å²) >= 11 is 0. The minimum Gasteiger partial charge on any atom is -0.307 e. The van der Waals surface area contributed by atoms with E-state index in [2.05, 4.69) is 47.1 Å². The average Bonchev–Trinajstić information content (AvgIpc) is 3.45. The van der Waals surface area contributed by atoms with E-state index in [1.54, 1.807) is 0 Å². The van der Waals surface area contributed by atoms with E-state index >= 15 is 0 Å². The molecule has 7 nitrogen and oxygen atoms in total. The number of carbonyl (C=O) groups is 1. The number of piperazine rings is 1. The van der Waals surface area contributed by atoms with Crippen LogP contribution in [0.25, 0.3) is 0 Å². The fourth-order valence-electron chi connectivity index (χ4n) is 7.07. The first-order valence-electron chi connectivity index (χ1n) is 12.6. The molecule has 2 fully saturated rings. The molecule has 2 aliphatic heterocycles. The third-order valence-electron chi connectivity index (χ3n) is 8.43. The number of nitrogens with one attached hydrogen (secondary N) is 3. The van der Waals surface area contributed by atoms with Crippen LogP contribution in [0.5, 0.6) is 0 Å². The van der Waals surface area contributed by atoms with Crippen molar-refractivity contribution in [2.24, 2.45) is 0 Å². The van der Waals surface area contributed by atoms with E-state index < -0.39 is 16.1 Å². The number of anilines is 1. The van der Waals surface area contributed by atoms with Gasteiger partial charge in [0.1, 0.15) is 0 Å². The monoisotopic (exact) mass is 474 g/mol. The van der Waals surface area contributed by atoms with E-state index in [1.807, 2.05) is 0 Å². The van der Waals surface area contributed by atoms with Crippen LogP contribution in [0.2, 0.25) is 0 Å². The van der Waals surface area contributed by atoms with E-state index in [-0.39, 0.29) is 22.9 Å². The summed E-state index contributed by atoms with van der Waals surface area (Å²) in [5.41, 5.74) is 5.56. The van der Waals surface area contributed by atoms with E-state index in [9.17, 15) is 13.2 Å². The Morgan fingerprint density at radius 2 is 1.79 bits per heavy atom. The quantitative estimate of drug-likeness (QED) is 0.610. The van der Waals surface area contributed by atoms with E-state index in [1.165, 1.54) is 22.3 Å². The maximum atomic E-state index is 13.2. The highest BCUT2D eigenvalue weighted by Crippen LogP contribution is 2.41. The summed E-state index contributed by atoms with van der Waals surface area (Å²) in [4.78, 5) is 15.4. The Morgan fingerprint density at radius 1 is 1.12 bits per heavy atom. The SMILES string of the molecule is CC[C@@]12CCCN1CC(C)(C)NC2CS(=O)(=O)NC(=O)Nc1c2c(cc3c1CCC3)CCC2. The van der Waals surface area contributed by atoms with Gasteiger partial charge in [0.15, 0.2) is 0 Å². The molecule has 0 bridgehead atoms. The van der Waals surface area contributed by atoms with Gasteiger partial charge in [-0.15, -0.1) is 0 Å². The number of urea groups is 1. The van der Waals surface area contributed by atoms with Crippen molar-refractivity contribution in [2.45, 2.75) is 95.7 Å². The first-order chi connectivity index (χ1) is 15.6. The van der Waals surface area contributed by atoms with Gasteiger partial charge in [-0.1, -0.05) is 13.0 Å². The molecule has 1 aromatic rings. The molecule has 0 saturated carbocycles. The molecule has 1 aromatic carbocycles.